The molecule has 368 valence electrons. The zero-order valence-electron chi connectivity index (χ0n) is 44.2. The van der Waals surface area contributed by atoms with Crippen molar-refractivity contribution in [2.24, 2.45) is 0 Å². The van der Waals surface area contributed by atoms with Gasteiger partial charge in [-0.15, -0.1) is 5.19 Å². The van der Waals surface area contributed by atoms with Crippen LogP contribution < -0.4 is 58.0 Å². The van der Waals surface area contributed by atoms with Crippen molar-refractivity contribution in [2.45, 2.75) is 69.2 Å². The minimum absolute atomic E-state index is 0. The molecular weight excluding hydrogens is 1010 g/mol. The molecule has 0 nitrogen and oxygen atoms in total. The fourth-order valence-corrected chi connectivity index (χ4v) is 19.1. The maximum absolute atomic E-state index is 3.68. The molecule has 0 aromatic heterocycles. The Balaban J connectivity index is 0.00000223. The van der Waals surface area contributed by atoms with E-state index in [4.69, 9.17) is 0 Å². The number of halogens is 3. The quantitative estimate of drug-likeness (QED) is 0.0798. The van der Waals surface area contributed by atoms with Crippen molar-refractivity contribution in [3.8, 4) is 66.8 Å². The Bertz CT molecular complexity index is 3190. The first-order chi connectivity index (χ1) is 33.9. The molecule has 10 rings (SSSR count). The molecule has 74 heavy (non-hydrogen) atoms. The molecule has 0 bridgehead atoms. The van der Waals surface area contributed by atoms with Gasteiger partial charge in [0.15, 0.2) is 0 Å². The smallest absolute Gasteiger partial charge is 1.00 e. The largest absolute Gasteiger partial charge is 4.00 e. The normalized spacial score (nSPS) is 10.9. The van der Waals surface area contributed by atoms with E-state index in [9.17, 15) is 0 Å². The van der Waals surface area contributed by atoms with Crippen LogP contribution in [-0.4, -0.2) is 8.07 Å². The zero-order valence-corrected chi connectivity index (χ0v) is 49.0. The summed E-state index contributed by atoms with van der Waals surface area (Å²) in [6, 6.07) is 74.9. The Morgan fingerprint density at radius 1 is 0.243 bits per heavy atom. The van der Waals surface area contributed by atoms with Crippen molar-refractivity contribution in [3.05, 3.63) is 256 Å². The average molecular weight is 1070 g/mol. The number of benzene rings is 9. The summed E-state index contributed by atoms with van der Waals surface area (Å²) in [5.41, 5.74) is 28.7. The van der Waals surface area contributed by atoms with Crippen LogP contribution in [0.1, 0.15) is 55.6 Å². The Morgan fingerprint density at radius 2 is 0.432 bits per heavy atom. The fourth-order valence-electron chi connectivity index (χ4n) is 12.0. The minimum Gasteiger partial charge on any atom is -1.00 e. The van der Waals surface area contributed by atoms with E-state index in [0.29, 0.717) is 0 Å². The summed E-state index contributed by atoms with van der Waals surface area (Å²) in [6.07, 6.45) is 0. The third-order valence-electron chi connectivity index (χ3n) is 16.1. The number of hydrogen-bond acceptors (Lipinski definition) is 0. The molecular formula is C69H63Cl3SiTi. The van der Waals surface area contributed by atoms with Crippen molar-refractivity contribution in [2.75, 3.05) is 0 Å². The third kappa shape index (κ3) is 9.69. The maximum atomic E-state index is 2.57. The van der Waals surface area contributed by atoms with Gasteiger partial charge in [-0.1, -0.05) is 210 Å². The molecule has 0 amide bonds. The van der Waals surface area contributed by atoms with Gasteiger partial charge in [-0.05, 0) is 175 Å². The van der Waals surface area contributed by atoms with Gasteiger partial charge in [0.1, 0.15) is 8.07 Å². The van der Waals surface area contributed by atoms with Gasteiger partial charge in [-0.3, -0.25) is 0 Å². The summed E-state index contributed by atoms with van der Waals surface area (Å²) in [6.45, 7) is 24.2. The molecule has 10 aromatic carbocycles. The van der Waals surface area contributed by atoms with E-state index in [1.165, 1.54) is 143 Å². The monoisotopic (exact) mass is 1070 g/mol. The van der Waals surface area contributed by atoms with Gasteiger partial charge in [-0.25, -0.2) is 0 Å². The molecule has 0 heterocycles. The van der Waals surface area contributed by atoms with E-state index in [1.54, 1.807) is 0 Å². The Hall–Kier alpha value is -5.87. The molecule has 0 saturated heterocycles. The molecule has 0 saturated carbocycles. The van der Waals surface area contributed by atoms with E-state index >= 15 is 0 Å². The van der Waals surface area contributed by atoms with Gasteiger partial charge >= 0.3 is 21.7 Å². The first-order valence-corrected chi connectivity index (χ1v) is 26.9. The molecule has 0 radical (unpaired) electrons. The fraction of sp³-hybridized carbons (Fsp3) is 0.145. The van der Waals surface area contributed by atoms with E-state index in [1.807, 2.05) is 0 Å². The molecule has 10 aromatic rings. The van der Waals surface area contributed by atoms with Crippen LogP contribution in [0.15, 0.2) is 200 Å². The second-order valence-corrected chi connectivity index (χ2v) is 23.1. The second kappa shape index (κ2) is 23.8. The van der Waals surface area contributed by atoms with Crippen LogP contribution in [0.4, 0.5) is 0 Å². The average Bonchev–Trinajstić information content (AvgIpc) is 3.60. The van der Waals surface area contributed by atoms with Crippen molar-refractivity contribution < 1.29 is 58.9 Å². The Labute approximate surface area is 475 Å². The van der Waals surface area contributed by atoms with Crippen LogP contribution in [0.25, 0.3) is 66.8 Å². The predicted molar refractivity (Wildman–Crippen MR) is 306 cm³/mol. The van der Waals surface area contributed by atoms with E-state index in [0.717, 1.165) is 0 Å². The number of hydrogen-bond donors (Lipinski definition) is 0. The van der Waals surface area contributed by atoms with Crippen LogP contribution in [0.2, 0.25) is 0 Å². The molecule has 5 heteroatoms. The van der Waals surface area contributed by atoms with Gasteiger partial charge < -0.3 is 37.2 Å². The maximum Gasteiger partial charge on any atom is 4.00 e. The predicted octanol–water partition coefficient (Wildman–Crippen LogP) is 6.88. The van der Waals surface area contributed by atoms with Crippen LogP contribution in [0, 0.1) is 69.2 Å². The minimum atomic E-state index is -3.68. The Morgan fingerprint density at radius 3 is 0.635 bits per heavy atom. The van der Waals surface area contributed by atoms with Crippen molar-refractivity contribution in [1.82, 2.24) is 0 Å². The number of rotatable bonds is 10. The standard InChI is InChI=1S/C69H63Si.3ClH.Ti/c1-44-45(2)50(7)66(49(44)6)70(67-51(8)46(3)60(54-29-17-11-18-30-54)41-63(67)57-35-23-14-24-36-57,68-52(9)47(4)61(55-31-19-12-20-32-55)42-64(68)58-37-25-15-26-38-58)69-53(10)48(5)62(56-33-21-13-22-34-56)43-65(69)59-39-27-16-28-40-59;;;;/h11-43H,1-10H3;3*1H;/q-1;;;;+4/p-3. The first-order valence-electron chi connectivity index (χ1n) is 24.9. The summed E-state index contributed by atoms with van der Waals surface area (Å²) < 4.78 is 0. The summed E-state index contributed by atoms with van der Waals surface area (Å²) in [5, 5.41) is 5.90. The molecule has 0 aliphatic heterocycles. The van der Waals surface area contributed by atoms with E-state index in [2.05, 4.69) is 269 Å². The molecule has 0 spiro atoms. The van der Waals surface area contributed by atoms with Gasteiger partial charge in [0, 0.05) is 0 Å². The zero-order chi connectivity index (χ0) is 48.8. The van der Waals surface area contributed by atoms with Crippen LogP contribution in [0.5, 0.6) is 0 Å². The van der Waals surface area contributed by atoms with Gasteiger partial charge in [0.05, 0.1) is 0 Å². The summed E-state index contributed by atoms with van der Waals surface area (Å²) >= 11 is 0. The summed E-state index contributed by atoms with van der Waals surface area (Å²) in [4.78, 5) is 0. The molecule has 0 fully saturated rings. The van der Waals surface area contributed by atoms with Crippen LogP contribution >= 0.6 is 0 Å². The van der Waals surface area contributed by atoms with E-state index < -0.39 is 8.07 Å². The SMILES string of the molecule is Cc1c(-c2ccccc2)cc(-c2ccccc2)c([Si](c2c(-c3ccccc3)cc(-c3ccccc3)c(C)c2C)(c2c(-c3ccccc3)cc(-c3ccccc3)c(C)c2C)[c-]2c(C)c(C)c(C)c2C)c1C.[Cl-].[Cl-].[Cl-].[Ti+4]. The van der Waals surface area contributed by atoms with Crippen LogP contribution in [0.3, 0.4) is 0 Å². The van der Waals surface area contributed by atoms with Gasteiger partial charge in [-0.2, -0.15) is 22.3 Å². The first kappa shape index (κ1) is 57.4. The molecule has 0 atom stereocenters. The summed E-state index contributed by atoms with van der Waals surface area (Å²) in [5.74, 6) is 0. The van der Waals surface area contributed by atoms with Crippen molar-refractivity contribution in [1.29, 1.82) is 0 Å². The topological polar surface area (TPSA) is 0 Å². The van der Waals surface area contributed by atoms with Gasteiger partial charge in [0.2, 0.25) is 0 Å². The second-order valence-electron chi connectivity index (χ2n) is 19.6. The summed E-state index contributed by atoms with van der Waals surface area (Å²) in [7, 11) is -3.68. The Kier molecular flexibility index (Phi) is 18.4. The third-order valence-corrected chi connectivity index (χ3v) is 21.8. The molecule has 0 aliphatic carbocycles. The van der Waals surface area contributed by atoms with Crippen molar-refractivity contribution in [3.63, 3.8) is 0 Å². The van der Waals surface area contributed by atoms with Gasteiger partial charge in [0.25, 0.3) is 0 Å². The molecule has 0 aliphatic rings. The molecule has 0 unspecified atom stereocenters. The van der Waals surface area contributed by atoms with Crippen LogP contribution in [-0.2, 0) is 21.7 Å². The van der Waals surface area contributed by atoms with E-state index in [-0.39, 0.29) is 58.9 Å². The molecule has 0 N–H and O–H groups in total. The van der Waals surface area contributed by atoms with Crippen molar-refractivity contribution >= 4 is 28.8 Å².